The van der Waals surface area contributed by atoms with E-state index < -0.39 is 0 Å². The molecule has 2 aromatic carbocycles. The molecule has 3 rings (SSSR count). The Hall–Kier alpha value is -2.17. The Kier molecular flexibility index (Phi) is 5.90. The molecule has 0 bridgehead atoms. The predicted octanol–water partition coefficient (Wildman–Crippen LogP) is 2.76. The van der Waals surface area contributed by atoms with Crippen LogP contribution < -0.4 is 10.2 Å². The molecule has 4 nitrogen and oxygen atoms in total. The molecule has 122 valence electrons. The molecular weight excluding hydrogens is 286 g/mol. The van der Waals surface area contributed by atoms with E-state index >= 15 is 0 Å². The number of nitrogens with zero attached hydrogens (tertiary/aromatic N) is 2. The van der Waals surface area contributed by atoms with Crippen LogP contribution in [0.1, 0.15) is 6.92 Å². The SMILES string of the molecule is CC(N)=O.CN1CC[N+](c2ccccc2)(c2ccccc2)CC1. The van der Waals surface area contributed by atoms with Crippen molar-refractivity contribution in [2.24, 2.45) is 5.73 Å². The van der Waals surface area contributed by atoms with E-state index in [1.807, 2.05) is 0 Å². The van der Waals surface area contributed by atoms with Crippen LogP contribution in [0.25, 0.3) is 0 Å². The van der Waals surface area contributed by atoms with E-state index in [-0.39, 0.29) is 5.91 Å². The maximum atomic E-state index is 9.22. The number of hydrogen-bond acceptors (Lipinski definition) is 2. The van der Waals surface area contributed by atoms with Gasteiger partial charge in [-0.2, -0.15) is 0 Å². The quantitative estimate of drug-likeness (QED) is 0.867. The topological polar surface area (TPSA) is 46.3 Å². The first-order valence-electron chi connectivity index (χ1n) is 7.97. The smallest absolute Gasteiger partial charge is 0.214 e. The van der Waals surface area contributed by atoms with Gasteiger partial charge < -0.3 is 5.73 Å². The molecule has 2 aromatic rings. The molecule has 1 aliphatic heterocycles. The fourth-order valence-corrected chi connectivity index (χ4v) is 3.00. The average Bonchev–Trinajstić information content (AvgIpc) is 2.57. The van der Waals surface area contributed by atoms with E-state index in [2.05, 4.69) is 78.3 Å². The van der Waals surface area contributed by atoms with Crippen molar-refractivity contribution in [2.75, 3.05) is 33.2 Å². The highest BCUT2D eigenvalue weighted by Crippen LogP contribution is 2.35. The second-order valence-electron chi connectivity index (χ2n) is 6.00. The van der Waals surface area contributed by atoms with E-state index in [1.54, 1.807) is 0 Å². The van der Waals surface area contributed by atoms with E-state index in [9.17, 15) is 4.79 Å². The van der Waals surface area contributed by atoms with Crippen LogP contribution in [0.15, 0.2) is 60.7 Å². The highest BCUT2D eigenvalue weighted by atomic mass is 16.1. The zero-order valence-corrected chi connectivity index (χ0v) is 14.0. The van der Waals surface area contributed by atoms with Gasteiger partial charge in [-0.3, -0.25) is 14.2 Å². The van der Waals surface area contributed by atoms with Crippen LogP contribution in [-0.4, -0.2) is 44.0 Å². The summed E-state index contributed by atoms with van der Waals surface area (Å²) < 4.78 is 0.978. The van der Waals surface area contributed by atoms with Crippen LogP contribution in [0, 0.1) is 0 Å². The lowest BCUT2D eigenvalue weighted by Gasteiger charge is -2.43. The third kappa shape index (κ3) is 4.41. The number of amides is 1. The molecule has 4 heteroatoms. The number of para-hydroxylation sites is 2. The van der Waals surface area contributed by atoms with E-state index in [0.29, 0.717) is 0 Å². The summed E-state index contributed by atoms with van der Waals surface area (Å²) in [5, 5.41) is 0. The summed E-state index contributed by atoms with van der Waals surface area (Å²) in [6, 6.07) is 21.8. The molecule has 1 saturated heterocycles. The summed E-state index contributed by atoms with van der Waals surface area (Å²) in [6.07, 6.45) is 0. The van der Waals surface area contributed by atoms with Gasteiger partial charge in [0.1, 0.15) is 24.5 Å². The van der Waals surface area contributed by atoms with Crippen molar-refractivity contribution in [3.63, 3.8) is 0 Å². The summed E-state index contributed by atoms with van der Waals surface area (Å²) in [4.78, 5) is 11.6. The maximum Gasteiger partial charge on any atom is 0.214 e. The van der Waals surface area contributed by atoms with Crippen molar-refractivity contribution in [2.45, 2.75) is 6.92 Å². The fourth-order valence-electron chi connectivity index (χ4n) is 3.00. The standard InChI is InChI=1S/C17H21N2.C2H5NO/c1-18-12-14-19(15-13-18,16-8-4-2-5-9-16)17-10-6-3-7-11-17;1-2(3)4/h2-11H,12-15H2,1H3;1H3,(H2,3,4)/q+1;. The van der Waals surface area contributed by atoms with Crippen molar-refractivity contribution in [3.05, 3.63) is 60.7 Å². The van der Waals surface area contributed by atoms with Gasteiger partial charge in [-0.15, -0.1) is 0 Å². The normalized spacial score (nSPS) is 17.0. The molecule has 0 atom stereocenters. The molecule has 2 N–H and O–H groups in total. The largest absolute Gasteiger partial charge is 0.370 e. The Morgan fingerprint density at radius 3 is 1.61 bits per heavy atom. The molecule has 0 spiro atoms. The summed E-state index contributed by atoms with van der Waals surface area (Å²) in [5.74, 6) is -0.333. The highest BCUT2D eigenvalue weighted by Gasteiger charge is 2.36. The van der Waals surface area contributed by atoms with Crippen molar-refractivity contribution >= 4 is 17.3 Å². The first-order chi connectivity index (χ1) is 11.0. The van der Waals surface area contributed by atoms with Gasteiger partial charge in [0.2, 0.25) is 5.91 Å². The predicted molar refractivity (Wildman–Crippen MR) is 96.4 cm³/mol. The molecule has 23 heavy (non-hydrogen) atoms. The summed E-state index contributed by atoms with van der Waals surface area (Å²) in [5.41, 5.74) is 7.28. The van der Waals surface area contributed by atoms with Crippen LogP contribution in [-0.2, 0) is 4.79 Å². The second kappa shape index (κ2) is 7.90. The summed E-state index contributed by atoms with van der Waals surface area (Å²) >= 11 is 0. The van der Waals surface area contributed by atoms with Gasteiger partial charge in [0, 0.05) is 20.0 Å². The number of benzene rings is 2. The van der Waals surface area contributed by atoms with Gasteiger partial charge in [-0.05, 0) is 31.3 Å². The third-order valence-electron chi connectivity index (χ3n) is 4.23. The molecule has 0 radical (unpaired) electrons. The van der Waals surface area contributed by atoms with E-state index in [0.717, 1.165) is 30.7 Å². The first kappa shape index (κ1) is 17.2. The fraction of sp³-hybridized carbons (Fsp3) is 0.316. The van der Waals surface area contributed by atoms with Crippen molar-refractivity contribution in [1.82, 2.24) is 9.38 Å². The van der Waals surface area contributed by atoms with Gasteiger partial charge in [0.25, 0.3) is 0 Å². The molecule has 0 aliphatic carbocycles. The molecule has 1 amide bonds. The molecular formula is C19H26N3O+. The Balaban J connectivity index is 0.000000433. The molecule has 0 saturated carbocycles. The first-order valence-corrected chi connectivity index (χ1v) is 7.97. The lowest BCUT2D eigenvalue weighted by molar-refractivity contribution is -0.115. The minimum atomic E-state index is -0.333. The van der Waals surface area contributed by atoms with Gasteiger partial charge in [-0.25, -0.2) is 0 Å². The highest BCUT2D eigenvalue weighted by molar-refractivity contribution is 5.70. The summed E-state index contributed by atoms with van der Waals surface area (Å²) in [6.45, 7) is 5.88. The number of hydrogen-bond donors (Lipinski definition) is 1. The number of primary amides is 1. The minimum Gasteiger partial charge on any atom is -0.370 e. The number of likely N-dealkylation sites (N-methyl/N-ethyl adjacent to an activating group) is 1. The molecule has 1 fully saturated rings. The average molecular weight is 312 g/mol. The monoisotopic (exact) mass is 312 g/mol. The van der Waals surface area contributed by atoms with Crippen molar-refractivity contribution in [3.8, 4) is 0 Å². The zero-order chi connectivity index (χ0) is 16.7. The van der Waals surface area contributed by atoms with Gasteiger partial charge in [-0.1, -0.05) is 36.4 Å². The van der Waals surface area contributed by atoms with Crippen LogP contribution >= 0.6 is 0 Å². The zero-order valence-electron chi connectivity index (χ0n) is 14.0. The minimum absolute atomic E-state index is 0.333. The van der Waals surface area contributed by atoms with E-state index in [1.165, 1.54) is 18.3 Å². The number of carbonyl (C=O) groups is 1. The Labute approximate surface area is 138 Å². The molecule has 0 aromatic heterocycles. The van der Waals surface area contributed by atoms with Gasteiger partial charge in [0.15, 0.2) is 0 Å². The van der Waals surface area contributed by atoms with E-state index in [4.69, 9.17) is 0 Å². The second-order valence-corrected chi connectivity index (χ2v) is 6.00. The Bertz CT molecular complexity index is 560. The molecule has 1 aliphatic rings. The lowest BCUT2D eigenvalue weighted by Crippen LogP contribution is -2.56. The van der Waals surface area contributed by atoms with Crippen LogP contribution in [0.3, 0.4) is 0 Å². The maximum absolute atomic E-state index is 9.22. The van der Waals surface area contributed by atoms with Crippen LogP contribution in [0.5, 0.6) is 0 Å². The van der Waals surface area contributed by atoms with Crippen molar-refractivity contribution in [1.29, 1.82) is 0 Å². The number of rotatable bonds is 2. The van der Waals surface area contributed by atoms with Crippen molar-refractivity contribution < 1.29 is 4.79 Å². The summed E-state index contributed by atoms with van der Waals surface area (Å²) in [7, 11) is 2.21. The third-order valence-corrected chi connectivity index (χ3v) is 4.23. The lowest BCUT2D eigenvalue weighted by atomic mass is 10.1. The van der Waals surface area contributed by atoms with Gasteiger partial charge in [0.05, 0.1) is 0 Å². The van der Waals surface area contributed by atoms with Crippen LogP contribution in [0.2, 0.25) is 0 Å². The van der Waals surface area contributed by atoms with Crippen LogP contribution in [0.4, 0.5) is 11.4 Å². The number of carbonyl (C=O) groups excluding carboxylic acids is 1. The number of nitrogens with two attached hydrogens (primary N) is 1. The van der Waals surface area contributed by atoms with Gasteiger partial charge >= 0.3 is 0 Å². The Morgan fingerprint density at radius 2 is 1.26 bits per heavy atom. The Morgan fingerprint density at radius 1 is 0.913 bits per heavy atom. The molecule has 1 heterocycles. The number of piperazine rings is 1. The molecule has 0 unspecified atom stereocenters. The number of quaternary nitrogens is 1.